The number of benzene rings is 1. The predicted molar refractivity (Wildman–Crippen MR) is 103 cm³/mol. The maximum Gasteiger partial charge on any atom is 0.257 e. The van der Waals surface area contributed by atoms with Gasteiger partial charge in [0.05, 0.1) is 18.6 Å². The summed E-state index contributed by atoms with van der Waals surface area (Å²) < 4.78 is 5.08. The van der Waals surface area contributed by atoms with E-state index in [1.807, 2.05) is 0 Å². The van der Waals surface area contributed by atoms with E-state index in [1.165, 1.54) is 11.8 Å². The molecule has 8 nitrogen and oxygen atoms in total. The molecule has 0 radical (unpaired) electrons. The highest BCUT2D eigenvalue weighted by molar-refractivity contribution is 7.99. The van der Waals surface area contributed by atoms with Crippen LogP contribution in [-0.2, 0) is 9.59 Å². The van der Waals surface area contributed by atoms with Crippen molar-refractivity contribution >= 4 is 35.1 Å². The summed E-state index contributed by atoms with van der Waals surface area (Å²) >= 11 is 1.28. The number of thioether (sulfide) groups is 1. The van der Waals surface area contributed by atoms with E-state index in [0.29, 0.717) is 22.3 Å². The molecule has 0 fully saturated rings. The van der Waals surface area contributed by atoms with Crippen molar-refractivity contribution in [2.75, 3.05) is 23.5 Å². The maximum atomic E-state index is 12.7. The highest BCUT2D eigenvalue weighted by Crippen LogP contribution is 2.30. The highest BCUT2D eigenvalue weighted by Gasteiger charge is 2.34. The van der Waals surface area contributed by atoms with Gasteiger partial charge in [0.2, 0.25) is 11.8 Å². The number of nitrogens with one attached hydrogen (secondary N) is 3. The van der Waals surface area contributed by atoms with Gasteiger partial charge in [0.15, 0.2) is 5.16 Å². The van der Waals surface area contributed by atoms with Gasteiger partial charge in [-0.25, -0.2) is 4.98 Å². The molecule has 1 aromatic heterocycles. The Morgan fingerprint density at radius 1 is 1.41 bits per heavy atom. The zero-order valence-electron chi connectivity index (χ0n) is 14.6. The summed E-state index contributed by atoms with van der Waals surface area (Å²) in [6.07, 6.45) is 1.55. The third-order valence-corrected chi connectivity index (χ3v) is 4.81. The summed E-state index contributed by atoms with van der Waals surface area (Å²) in [4.78, 5) is 44.2. The minimum Gasteiger partial charge on any atom is -0.497 e. The number of anilines is 2. The fourth-order valence-corrected chi connectivity index (χ4v) is 3.28. The zero-order chi connectivity index (χ0) is 19.4. The summed E-state index contributed by atoms with van der Waals surface area (Å²) in [6.45, 7) is 3.61. The number of carbonyl (C=O) groups is 2. The summed E-state index contributed by atoms with van der Waals surface area (Å²) in [7, 11) is 1.55. The van der Waals surface area contributed by atoms with Gasteiger partial charge in [-0.05, 0) is 24.3 Å². The molecule has 0 aliphatic carbocycles. The van der Waals surface area contributed by atoms with Gasteiger partial charge < -0.3 is 20.4 Å². The van der Waals surface area contributed by atoms with Gasteiger partial charge in [-0.15, -0.1) is 6.58 Å². The summed E-state index contributed by atoms with van der Waals surface area (Å²) in [5.41, 5.74) is 0.251. The van der Waals surface area contributed by atoms with Crippen LogP contribution in [0.3, 0.4) is 0 Å². The quantitative estimate of drug-likeness (QED) is 0.398. The number of hydrogen-bond acceptors (Lipinski definition) is 6. The van der Waals surface area contributed by atoms with Crippen molar-refractivity contribution in [1.82, 2.24) is 9.97 Å². The molecule has 0 saturated heterocycles. The van der Waals surface area contributed by atoms with Crippen LogP contribution in [0, 0.1) is 0 Å². The van der Waals surface area contributed by atoms with Crippen LogP contribution in [0.5, 0.6) is 5.75 Å². The third kappa shape index (κ3) is 4.20. The molecular weight excluding hydrogens is 368 g/mol. The van der Waals surface area contributed by atoms with Crippen LogP contribution in [0.1, 0.15) is 17.9 Å². The number of fused-ring (bicyclic) bond motifs is 1. The van der Waals surface area contributed by atoms with E-state index in [2.05, 4.69) is 27.2 Å². The zero-order valence-corrected chi connectivity index (χ0v) is 15.4. The Kier molecular flexibility index (Phi) is 5.60. The van der Waals surface area contributed by atoms with E-state index < -0.39 is 17.4 Å². The van der Waals surface area contributed by atoms with Crippen LogP contribution in [0.15, 0.2) is 46.9 Å². The molecule has 1 atom stereocenters. The molecule has 0 bridgehead atoms. The van der Waals surface area contributed by atoms with Crippen molar-refractivity contribution in [3.8, 4) is 5.75 Å². The van der Waals surface area contributed by atoms with E-state index in [0.717, 1.165) is 0 Å². The molecule has 27 heavy (non-hydrogen) atoms. The lowest BCUT2D eigenvalue weighted by Crippen LogP contribution is -2.36. The van der Waals surface area contributed by atoms with Gasteiger partial charge in [-0.3, -0.25) is 14.4 Å². The van der Waals surface area contributed by atoms with Crippen molar-refractivity contribution in [3.63, 3.8) is 0 Å². The molecule has 1 aliphatic rings. The van der Waals surface area contributed by atoms with E-state index in [4.69, 9.17) is 4.74 Å². The predicted octanol–water partition coefficient (Wildman–Crippen LogP) is 2.12. The average molecular weight is 386 g/mol. The Morgan fingerprint density at radius 3 is 2.81 bits per heavy atom. The number of amides is 2. The van der Waals surface area contributed by atoms with Crippen molar-refractivity contribution in [1.29, 1.82) is 0 Å². The molecule has 0 saturated carbocycles. The number of carbonyl (C=O) groups excluding carboxylic acids is 2. The van der Waals surface area contributed by atoms with Crippen LogP contribution in [0.25, 0.3) is 0 Å². The fraction of sp³-hybridized carbons (Fsp3) is 0.222. The monoisotopic (exact) mass is 386 g/mol. The Morgan fingerprint density at radius 2 is 2.15 bits per heavy atom. The first-order valence-corrected chi connectivity index (χ1v) is 9.13. The van der Waals surface area contributed by atoms with Crippen LogP contribution in [-0.4, -0.2) is 34.6 Å². The maximum absolute atomic E-state index is 12.7. The molecule has 2 heterocycles. The smallest absolute Gasteiger partial charge is 0.257 e. The molecule has 140 valence electrons. The van der Waals surface area contributed by atoms with Crippen LogP contribution >= 0.6 is 11.8 Å². The van der Waals surface area contributed by atoms with Gasteiger partial charge in [0.25, 0.3) is 5.56 Å². The highest BCUT2D eigenvalue weighted by atomic mass is 32.2. The first-order chi connectivity index (χ1) is 13.0. The van der Waals surface area contributed by atoms with Gasteiger partial charge in [0, 0.05) is 17.9 Å². The standard InChI is InChI=1S/C18H18N4O4S/c1-3-8-27-18-21-15-14(17(25)22-18)12(9-13(23)20-15)16(24)19-10-4-6-11(26-2)7-5-10/h3-7,12H,1,8-9H2,2H3,(H,19,24)(H2,20,21,22,23,25)/t12-/m0/s1. The molecule has 0 unspecified atom stereocenters. The normalized spacial score (nSPS) is 15.4. The molecule has 9 heteroatoms. The van der Waals surface area contributed by atoms with Crippen LogP contribution in [0.4, 0.5) is 11.5 Å². The lowest BCUT2D eigenvalue weighted by molar-refractivity contribution is -0.123. The number of nitrogens with zero attached hydrogens (tertiary/aromatic N) is 1. The number of aromatic amines is 1. The molecule has 0 spiro atoms. The minimum absolute atomic E-state index is 0.122. The number of rotatable bonds is 6. The molecule has 1 aliphatic heterocycles. The van der Waals surface area contributed by atoms with Gasteiger partial charge >= 0.3 is 0 Å². The summed E-state index contributed by atoms with van der Waals surface area (Å²) in [5, 5.41) is 5.66. The van der Waals surface area contributed by atoms with Crippen molar-refractivity contribution in [3.05, 3.63) is 52.8 Å². The van der Waals surface area contributed by atoms with E-state index in [1.54, 1.807) is 37.5 Å². The second-order valence-electron chi connectivity index (χ2n) is 5.76. The molecule has 3 rings (SSSR count). The Labute approximate surface area is 159 Å². The topological polar surface area (TPSA) is 113 Å². The minimum atomic E-state index is -0.925. The van der Waals surface area contributed by atoms with Crippen molar-refractivity contribution in [2.24, 2.45) is 0 Å². The van der Waals surface area contributed by atoms with E-state index >= 15 is 0 Å². The lowest BCUT2D eigenvalue weighted by atomic mass is 9.92. The number of ether oxygens (including phenoxy) is 1. The van der Waals surface area contributed by atoms with Gasteiger partial charge in [0.1, 0.15) is 11.6 Å². The van der Waals surface area contributed by atoms with Gasteiger partial charge in [-0.2, -0.15) is 0 Å². The van der Waals surface area contributed by atoms with Crippen molar-refractivity contribution < 1.29 is 14.3 Å². The first-order valence-electron chi connectivity index (χ1n) is 8.14. The largest absolute Gasteiger partial charge is 0.497 e. The van der Waals surface area contributed by atoms with Crippen LogP contribution < -0.4 is 20.9 Å². The van der Waals surface area contributed by atoms with Crippen molar-refractivity contribution in [2.45, 2.75) is 17.5 Å². The fourth-order valence-electron chi connectivity index (χ4n) is 2.68. The summed E-state index contributed by atoms with van der Waals surface area (Å²) in [6, 6.07) is 6.76. The number of methoxy groups -OCH3 is 1. The number of H-pyrrole nitrogens is 1. The molecule has 2 amide bonds. The second-order valence-corrected chi connectivity index (χ2v) is 6.76. The molecule has 3 N–H and O–H groups in total. The average Bonchev–Trinajstić information content (AvgIpc) is 2.66. The first kappa shape index (κ1) is 18.7. The third-order valence-electron chi connectivity index (χ3n) is 3.94. The van der Waals surface area contributed by atoms with E-state index in [9.17, 15) is 14.4 Å². The Hall–Kier alpha value is -3.07. The lowest BCUT2D eigenvalue weighted by Gasteiger charge is -2.23. The Bertz CT molecular complexity index is 939. The van der Waals surface area contributed by atoms with Crippen LogP contribution in [0.2, 0.25) is 0 Å². The van der Waals surface area contributed by atoms with Gasteiger partial charge in [-0.1, -0.05) is 17.8 Å². The number of hydrogen-bond donors (Lipinski definition) is 3. The number of aromatic nitrogens is 2. The molecule has 2 aromatic rings. The Balaban J connectivity index is 1.88. The molecular formula is C18H18N4O4S. The van der Waals surface area contributed by atoms with E-state index in [-0.39, 0.29) is 23.7 Å². The second kappa shape index (κ2) is 8.09. The summed E-state index contributed by atoms with van der Waals surface area (Å²) in [5.74, 6) is -0.412. The SMILES string of the molecule is C=CCSc1nc2c(c(=O)[nH]1)[C@@H](C(=O)Nc1ccc(OC)cc1)CC(=O)N2. The molecule has 1 aromatic carbocycles.